The van der Waals surface area contributed by atoms with Crippen LogP contribution >= 0.6 is 0 Å². The second kappa shape index (κ2) is 17.8. The van der Waals surface area contributed by atoms with E-state index in [0.717, 1.165) is 61.6 Å². The Hall–Kier alpha value is -9.96. The van der Waals surface area contributed by atoms with Crippen LogP contribution in [0.15, 0.2) is 253 Å². The molecule has 4 aliphatic rings. The van der Waals surface area contributed by atoms with E-state index in [2.05, 4.69) is 307 Å². The van der Waals surface area contributed by atoms with Gasteiger partial charge in [0.25, 0.3) is 0 Å². The fourth-order valence-electron chi connectivity index (χ4n) is 16.0. The number of anilines is 6. The molecule has 0 aliphatic heterocycles. The highest BCUT2D eigenvalue weighted by atomic mass is 16.3. The lowest BCUT2D eigenvalue weighted by Gasteiger charge is -2.32. The average molecular weight is 1090 g/mol. The first-order valence-electron chi connectivity index (χ1n) is 30.1. The highest BCUT2D eigenvalue weighted by molar-refractivity contribution is 6.14. The fourth-order valence-corrected chi connectivity index (χ4v) is 16.0. The minimum Gasteiger partial charge on any atom is -0.456 e. The minimum absolute atomic E-state index is 0.153. The molecule has 1 aromatic heterocycles. The van der Waals surface area contributed by atoms with Gasteiger partial charge in [-0.2, -0.15) is 0 Å². The predicted octanol–water partition coefficient (Wildman–Crippen LogP) is 22.1. The highest BCUT2D eigenvalue weighted by Crippen LogP contribution is 2.65. The Morgan fingerprint density at radius 2 is 0.741 bits per heavy atom. The van der Waals surface area contributed by atoms with E-state index in [1.54, 1.807) is 0 Å². The van der Waals surface area contributed by atoms with Crippen molar-refractivity contribution in [1.29, 1.82) is 0 Å². The van der Waals surface area contributed by atoms with Gasteiger partial charge in [0.15, 0.2) is 0 Å². The van der Waals surface area contributed by atoms with Crippen LogP contribution in [0.5, 0.6) is 0 Å². The smallest absolute Gasteiger partial charge is 0.137 e. The van der Waals surface area contributed by atoms with E-state index in [-0.39, 0.29) is 10.8 Å². The van der Waals surface area contributed by atoms with E-state index < -0.39 is 5.41 Å². The van der Waals surface area contributed by atoms with Crippen molar-refractivity contribution in [2.24, 2.45) is 0 Å². The van der Waals surface area contributed by atoms with Gasteiger partial charge in [0, 0.05) is 44.5 Å². The molecular weight excluding hydrogens is 1030 g/mol. The molecule has 1 spiro atoms. The summed E-state index contributed by atoms with van der Waals surface area (Å²) in [5, 5.41) is 2.18. The Balaban J connectivity index is 0.812. The first kappa shape index (κ1) is 49.6. The van der Waals surface area contributed by atoms with E-state index in [1.165, 1.54) is 111 Å². The topological polar surface area (TPSA) is 19.6 Å². The molecule has 0 radical (unpaired) electrons. The summed E-state index contributed by atoms with van der Waals surface area (Å²) in [4.78, 5) is 4.99. The molecule has 17 rings (SSSR count). The van der Waals surface area contributed by atoms with Gasteiger partial charge in [-0.05, 0) is 194 Å². The number of hydrogen-bond acceptors (Lipinski definition) is 3. The van der Waals surface area contributed by atoms with E-state index in [1.807, 2.05) is 0 Å². The van der Waals surface area contributed by atoms with Crippen LogP contribution in [0.2, 0.25) is 0 Å². The van der Waals surface area contributed by atoms with E-state index >= 15 is 0 Å². The summed E-state index contributed by atoms with van der Waals surface area (Å²) in [6, 6.07) is 93.9. The molecule has 0 atom stereocenters. The second-order valence-electron chi connectivity index (χ2n) is 25.4. The lowest BCUT2D eigenvalue weighted by molar-refractivity contribution is 0.659. The van der Waals surface area contributed by atoms with Crippen molar-refractivity contribution in [2.45, 2.75) is 64.7 Å². The van der Waals surface area contributed by atoms with Crippen molar-refractivity contribution in [2.75, 3.05) is 9.80 Å². The maximum absolute atomic E-state index is 6.65. The third kappa shape index (κ3) is 6.84. The van der Waals surface area contributed by atoms with Crippen LogP contribution < -0.4 is 9.80 Å². The molecule has 0 saturated heterocycles. The SMILES string of the molecule is Cc1ccc2c(c1)C(C)(C)c1cc(N(c3ccc(-c4ccc(N(c5cccc6c5-c5ccccc5C65c6ccccc6-c6ccccc65)c5cccc6oc7ccccc7c56)cc4)c(C)c3)c3ccc4c(c3)C(C)(C)c3cc(C)ccc3-4)ccc1-2. The van der Waals surface area contributed by atoms with Gasteiger partial charge in [0.2, 0.25) is 0 Å². The zero-order chi connectivity index (χ0) is 57.3. The van der Waals surface area contributed by atoms with E-state index in [4.69, 9.17) is 4.42 Å². The Labute approximate surface area is 497 Å². The zero-order valence-corrected chi connectivity index (χ0v) is 49.0. The summed E-state index contributed by atoms with van der Waals surface area (Å²) < 4.78 is 6.65. The van der Waals surface area contributed by atoms with E-state index in [0.29, 0.717) is 0 Å². The van der Waals surface area contributed by atoms with Crippen molar-refractivity contribution in [1.82, 2.24) is 0 Å². The number of fused-ring (bicyclic) bond motifs is 19. The largest absolute Gasteiger partial charge is 0.456 e. The van der Waals surface area contributed by atoms with Crippen molar-refractivity contribution in [3.8, 4) is 55.6 Å². The van der Waals surface area contributed by atoms with Crippen molar-refractivity contribution >= 4 is 56.1 Å². The Morgan fingerprint density at radius 1 is 0.306 bits per heavy atom. The van der Waals surface area contributed by atoms with Gasteiger partial charge in [-0.3, -0.25) is 0 Å². The van der Waals surface area contributed by atoms with Crippen molar-refractivity contribution in [3.05, 3.63) is 310 Å². The average Bonchev–Trinajstić information content (AvgIpc) is 1.54. The molecule has 13 aromatic rings. The van der Waals surface area contributed by atoms with Crippen LogP contribution in [0.4, 0.5) is 34.1 Å². The number of aryl methyl sites for hydroxylation is 3. The lowest BCUT2D eigenvalue weighted by Crippen LogP contribution is -2.26. The second-order valence-corrected chi connectivity index (χ2v) is 25.4. The summed E-state index contributed by atoms with van der Waals surface area (Å²) in [7, 11) is 0. The fraction of sp³-hybridized carbons (Fsp3) is 0.122. The summed E-state index contributed by atoms with van der Waals surface area (Å²) in [5.74, 6) is 0. The first-order chi connectivity index (χ1) is 41.4. The van der Waals surface area contributed by atoms with Crippen LogP contribution in [-0.4, -0.2) is 0 Å². The molecule has 0 unspecified atom stereocenters. The summed E-state index contributed by atoms with van der Waals surface area (Å²) in [5.41, 5.74) is 35.0. The van der Waals surface area contributed by atoms with Crippen LogP contribution in [0, 0.1) is 20.8 Å². The Kier molecular flexibility index (Phi) is 10.4. The van der Waals surface area contributed by atoms with Gasteiger partial charge in [-0.15, -0.1) is 0 Å². The molecule has 0 amide bonds. The molecule has 85 heavy (non-hydrogen) atoms. The standard InChI is InChI=1S/C82H62N2O/c1-49-30-39-60-62-42-37-55(47-72(62)80(4,5)70(60)44-49)83(56-38-43-63-61-40-31-50(2)45-71(61)81(6,7)73(63)48-56)54-36-41-57(51(3)46-54)52-32-34-53(35-33-52)84(75-27-17-29-77-79(75)65-21-11-15-28-76(65)85-77)74-26-16-25-69-78(74)64-20-10-14-24-68(64)82(69)66-22-12-8-18-58(66)59-19-9-13-23-67(59)82/h8-48H,1-7H3. The van der Waals surface area contributed by atoms with Gasteiger partial charge >= 0.3 is 0 Å². The van der Waals surface area contributed by atoms with Gasteiger partial charge in [-0.1, -0.05) is 215 Å². The molecule has 1 heterocycles. The molecule has 0 N–H and O–H groups in total. The first-order valence-corrected chi connectivity index (χ1v) is 30.1. The number of rotatable bonds is 7. The number of hydrogen-bond donors (Lipinski definition) is 0. The molecule has 12 aromatic carbocycles. The Morgan fingerprint density at radius 3 is 1.34 bits per heavy atom. The normalized spacial score (nSPS) is 14.6. The molecule has 0 bridgehead atoms. The van der Waals surface area contributed by atoms with E-state index in [9.17, 15) is 0 Å². The lowest BCUT2D eigenvalue weighted by atomic mass is 9.70. The molecule has 406 valence electrons. The quantitative estimate of drug-likeness (QED) is 0.159. The molecule has 0 saturated carbocycles. The molecule has 4 aliphatic carbocycles. The number of furan rings is 1. The number of para-hydroxylation sites is 1. The minimum atomic E-state index is -0.483. The number of benzene rings is 12. The molecule has 0 fully saturated rings. The van der Waals surface area contributed by atoms with Crippen LogP contribution in [0.3, 0.4) is 0 Å². The van der Waals surface area contributed by atoms with Gasteiger partial charge in [-0.25, -0.2) is 0 Å². The maximum Gasteiger partial charge on any atom is 0.137 e. The monoisotopic (exact) mass is 1090 g/mol. The van der Waals surface area contributed by atoms with Crippen LogP contribution in [0.25, 0.3) is 77.6 Å². The molecule has 3 heteroatoms. The zero-order valence-electron chi connectivity index (χ0n) is 49.0. The summed E-state index contributed by atoms with van der Waals surface area (Å²) in [6.07, 6.45) is 0. The summed E-state index contributed by atoms with van der Waals surface area (Å²) in [6.45, 7) is 16.2. The highest BCUT2D eigenvalue weighted by Gasteiger charge is 2.52. The predicted molar refractivity (Wildman–Crippen MR) is 354 cm³/mol. The molecular formula is C82H62N2O. The van der Waals surface area contributed by atoms with Crippen molar-refractivity contribution < 1.29 is 4.42 Å². The summed E-state index contributed by atoms with van der Waals surface area (Å²) >= 11 is 0. The number of nitrogens with zero attached hydrogens (tertiary/aromatic N) is 2. The maximum atomic E-state index is 6.65. The molecule has 3 nitrogen and oxygen atoms in total. The third-order valence-corrected chi connectivity index (χ3v) is 19.9. The Bertz CT molecular complexity index is 4850. The van der Waals surface area contributed by atoms with Crippen LogP contribution in [-0.2, 0) is 16.2 Å². The van der Waals surface area contributed by atoms with Gasteiger partial charge in [0.1, 0.15) is 11.2 Å². The third-order valence-electron chi connectivity index (χ3n) is 19.9. The van der Waals surface area contributed by atoms with Gasteiger partial charge in [0.05, 0.1) is 22.2 Å². The van der Waals surface area contributed by atoms with Gasteiger partial charge < -0.3 is 14.2 Å². The van der Waals surface area contributed by atoms with Crippen molar-refractivity contribution in [3.63, 3.8) is 0 Å². The van der Waals surface area contributed by atoms with Crippen LogP contribution in [0.1, 0.15) is 88.9 Å².